The van der Waals surface area contributed by atoms with E-state index in [1.54, 1.807) is 6.07 Å². The molecule has 29 heavy (non-hydrogen) atoms. The Morgan fingerprint density at radius 2 is 1.69 bits per heavy atom. The fourth-order valence-electron chi connectivity index (χ4n) is 1.94. The van der Waals surface area contributed by atoms with Crippen LogP contribution in [0.2, 0.25) is 0 Å². The van der Waals surface area contributed by atoms with Gasteiger partial charge in [0.25, 0.3) is 0 Å². The predicted octanol–water partition coefficient (Wildman–Crippen LogP) is 5.72. The Kier molecular flexibility index (Phi) is 6.96. The number of ether oxygens (including phenoxy) is 1. The van der Waals surface area contributed by atoms with Gasteiger partial charge in [0.1, 0.15) is 18.2 Å². The van der Waals surface area contributed by atoms with Crippen molar-refractivity contribution < 1.29 is 39.9 Å². The van der Waals surface area contributed by atoms with Gasteiger partial charge in [-0.25, -0.2) is 9.82 Å². The molecule has 0 bridgehead atoms. The van der Waals surface area contributed by atoms with Crippen LogP contribution in [0.25, 0.3) is 0 Å². The summed E-state index contributed by atoms with van der Waals surface area (Å²) in [4.78, 5) is 0. The minimum atomic E-state index is -6.45. The zero-order valence-electron chi connectivity index (χ0n) is 14.1. The molecule has 0 fully saturated rings. The lowest BCUT2D eigenvalue weighted by molar-refractivity contribution is -0.361. The summed E-state index contributed by atoms with van der Waals surface area (Å²) in [5.41, 5.74) is 1.23. The molecule has 0 heterocycles. The van der Waals surface area contributed by atoms with Crippen molar-refractivity contribution in [3.05, 3.63) is 63.0 Å². The molecular formula is C17H11F8IN2O. The van der Waals surface area contributed by atoms with E-state index in [0.29, 0.717) is 26.5 Å². The Morgan fingerprint density at radius 3 is 2.28 bits per heavy atom. The third-order valence-corrected chi connectivity index (χ3v) is 4.25. The van der Waals surface area contributed by atoms with Gasteiger partial charge in [-0.3, -0.25) is 0 Å². The van der Waals surface area contributed by atoms with Gasteiger partial charge in [0.15, 0.2) is 0 Å². The largest absolute Gasteiger partial charge is 0.488 e. The average Bonchev–Trinajstić information content (AvgIpc) is 2.60. The lowest BCUT2D eigenvalue weighted by atomic mass is 10.2. The van der Waals surface area contributed by atoms with Gasteiger partial charge in [0, 0.05) is 0 Å². The summed E-state index contributed by atoms with van der Waals surface area (Å²) < 4.78 is 107. The molecule has 158 valence electrons. The van der Waals surface area contributed by atoms with Crippen LogP contribution < -0.4 is 10.2 Å². The molecule has 12 heteroatoms. The highest BCUT2D eigenvalue weighted by atomic mass is 127. The van der Waals surface area contributed by atoms with Crippen LogP contribution in [-0.2, 0) is 6.61 Å². The molecule has 0 spiro atoms. The van der Waals surface area contributed by atoms with Gasteiger partial charge in [-0.05, 0) is 64.0 Å². The van der Waals surface area contributed by atoms with Crippen LogP contribution in [-0.4, -0.2) is 24.4 Å². The number of benzene rings is 2. The van der Waals surface area contributed by atoms with Gasteiger partial charge in [-0.15, -0.1) is 0 Å². The monoisotopic (exact) mass is 538 g/mol. The molecule has 0 aliphatic heterocycles. The van der Waals surface area contributed by atoms with E-state index >= 15 is 0 Å². The van der Waals surface area contributed by atoms with Crippen molar-refractivity contribution in [3.63, 3.8) is 0 Å². The van der Waals surface area contributed by atoms with Crippen LogP contribution in [0.5, 0.6) is 5.75 Å². The maximum absolute atomic E-state index is 13.1. The SMILES string of the molecule is Fc1cccc(COc2ccc(/C=N/NC(F)(F)C(F)(F)C(F)(F)F)cc2I)c1. The molecular weight excluding hydrogens is 527 g/mol. The summed E-state index contributed by atoms with van der Waals surface area (Å²) in [5, 5.41) is 2.78. The molecule has 2 aromatic carbocycles. The lowest BCUT2D eigenvalue weighted by Gasteiger charge is -2.27. The van der Waals surface area contributed by atoms with Crippen LogP contribution in [0, 0.1) is 9.39 Å². The lowest BCUT2D eigenvalue weighted by Crippen LogP contribution is -2.58. The maximum Gasteiger partial charge on any atom is 0.462 e. The first-order chi connectivity index (χ1) is 13.3. The first-order valence-electron chi connectivity index (χ1n) is 7.63. The highest BCUT2D eigenvalue weighted by Crippen LogP contribution is 2.45. The molecule has 0 amide bonds. The normalized spacial score (nSPS) is 13.0. The third-order valence-electron chi connectivity index (χ3n) is 3.41. The number of rotatable bonds is 7. The van der Waals surface area contributed by atoms with E-state index in [4.69, 9.17) is 4.74 Å². The maximum atomic E-state index is 13.1. The number of hydrogen-bond donors (Lipinski definition) is 1. The molecule has 0 aromatic heterocycles. The Morgan fingerprint density at radius 1 is 1.00 bits per heavy atom. The number of hydrogen-bond acceptors (Lipinski definition) is 3. The molecule has 0 aliphatic rings. The summed E-state index contributed by atoms with van der Waals surface area (Å²) in [6.07, 6.45) is -5.80. The number of halogens is 9. The van der Waals surface area contributed by atoms with E-state index < -0.39 is 24.0 Å². The molecule has 3 nitrogen and oxygen atoms in total. The molecule has 0 unspecified atom stereocenters. The molecule has 0 aliphatic carbocycles. The first-order valence-corrected chi connectivity index (χ1v) is 8.71. The average molecular weight is 538 g/mol. The van der Waals surface area contributed by atoms with E-state index in [1.807, 2.05) is 22.6 Å². The Balaban J connectivity index is 2.03. The van der Waals surface area contributed by atoms with Crippen molar-refractivity contribution in [2.75, 3.05) is 0 Å². The van der Waals surface area contributed by atoms with Gasteiger partial charge in [0.05, 0.1) is 9.78 Å². The van der Waals surface area contributed by atoms with E-state index in [9.17, 15) is 35.1 Å². The van der Waals surface area contributed by atoms with Gasteiger partial charge in [-0.2, -0.15) is 35.8 Å². The number of hydrazone groups is 1. The van der Waals surface area contributed by atoms with E-state index in [1.165, 1.54) is 36.4 Å². The van der Waals surface area contributed by atoms with E-state index in [2.05, 4.69) is 5.10 Å². The Bertz CT molecular complexity index is 886. The zero-order valence-corrected chi connectivity index (χ0v) is 16.2. The van der Waals surface area contributed by atoms with Gasteiger partial charge in [0.2, 0.25) is 0 Å². The second-order valence-corrected chi connectivity index (χ2v) is 6.79. The van der Waals surface area contributed by atoms with Crippen molar-refractivity contribution in [1.29, 1.82) is 0 Å². The number of nitrogens with one attached hydrogen (secondary N) is 1. The van der Waals surface area contributed by atoms with Crippen molar-refractivity contribution >= 4 is 28.8 Å². The van der Waals surface area contributed by atoms with E-state index in [-0.39, 0.29) is 12.2 Å². The van der Waals surface area contributed by atoms with Crippen molar-refractivity contribution in [1.82, 2.24) is 5.43 Å². The second kappa shape index (κ2) is 8.71. The Labute approximate surface area is 172 Å². The fourth-order valence-corrected chi connectivity index (χ4v) is 2.63. The molecule has 0 atom stereocenters. The minimum Gasteiger partial charge on any atom is -0.488 e. The predicted molar refractivity (Wildman–Crippen MR) is 96.6 cm³/mol. The van der Waals surface area contributed by atoms with Crippen LogP contribution in [0.4, 0.5) is 35.1 Å². The highest BCUT2D eigenvalue weighted by molar-refractivity contribution is 14.1. The summed E-state index contributed by atoms with van der Waals surface area (Å²) >= 11 is 1.83. The highest BCUT2D eigenvalue weighted by Gasteiger charge is 2.73. The second-order valence-electron chi connectivity index (χ2n) is 5.63. The van der Waals surface area contributed by atoms with Crippen LogP contribution in [0.3, 0.4) is 0 Å². The Hall–Kier alpha value is -2.12. The molecule has 1 N–H and O–H groups in total. The number of nitrogens with zero attached hydrogens (tertiary/aromatic N) is 1. The van der Waals surface area contributed by atoms with Gasteiger partial charge >= 0.3 is 18.1 Å². The van der Waals surface area contributed by atoms with Crippen LogP contribution in [0.15, 0.2) is 47.6 Å². The molecule has 2 rings (SSSR count). The van der Waals surface area contributed by atoms with Crippen molar-refractivity contribution in [2.24, 2.45) is 5.10 Å². The summed E-state index contributed by atoms with van der Waals surface area (Å²) in [7, 11) is 0. The smallest absolute Gasteiger partial charge is 0.462 e. The summed E-state index contributed by atoms with van der Waals surface area (Å²) in [6, 6.07) is 4.14. The van der Waals surface area contributed by atoms with Crippen LogP contribution >= 0.6 is 22.6 Å². The molecule has 0 saturated heterocycles. The van der Waals surface area contributed by atoms with Gasteiger partial charge in [-0.1, -0.05) is 12.1 Å². The number of alkyl halides is 7. The van der Waals surface area contributed by atoms with Crippen molar-refractivity contribution in [3.8, 4) is 5.75 Å². The summed E-state index contributed by atoms with van der Waals surface area (Å²) in [5.74, 6) is -6.39. The minimum absolute atomic E-state index is 0.0432. The molecule has 2 aromatic rings. The summed E-state index contributed by atoms with van der Waals surface area (Å²) in [6.45, 7) is 0.0432. The standard InChI is InChI=1S/C17H11F8IN2O/c18-12-3-1-2-11(6-12)9-29-14-5-4-10(7-13(14)26)8-27-28-17(24,25)15(19,20)16(21,22)23/h1-8,28H,9H2/b27-8+. The third kappa shape index (κ3) is 5.70. The molecule has 0 radical (unpaired) electrons. The van der Waals surface area contributed by atoms with Crippen molar-refractivity contribution in [2.45, 2.75) is 24.8 Å². The first kappa shape index (κ1) is 23.2. The zero-order chi connectivity index (χ0) is 21.9. The fraction of sp³-hybridized carbons (Fsp3) is 0.235. The van der Waals surface area contributed by atoms with Crippen LogP contribution in [0.1, 0.15) is 11.1 Å². The van der Waals surface area contributed by atoms with Gasteiger partial charge < -0.3 is 4.74 Å². The topological polar surface area (TPSA) is 33.6 Å². The quantitative estimate of drug-likeness (QED) is 0.161. The van der Waals surface area contributed by atoms with E-state index in [0.717, 1.165) is 0 Å². The molecule has 0 saturated carbocycles.